The highest BCUT2D eigenvalue weighted by atomic mass is 16.3. The summed E-state index contributed by atoms with van der Waals surface area (Å²) in [7, 11) is 1.80. The van der Waals surface area contributed by atoms with E-state index in [9.17, 15) is 4.79 Å². The van der Waals surface area contributed by atoms with Crippen LogP contribution < -0.4 is 5.32 Å². The number of nitrogens with one attached hydrogen (secondary N) is 1. The van der Waals surface area contributed by atoms with Crippen LogP contribution in [0.5, 0.6) is 0 Å². The van der Waals surface area contributed by atoms with Crippen molar-refractivity contribution >= 4 is 5.78 Å². The van der Waals surface area contributed by atoms with Gasteiger partial charge in [-0.1, -0.05) is 23.8 Å². The van der Waals surface area contributed by atoms with Gasteiger partial charge in [-0.3, -0.25) is 4.79 Å². The number of rotatable bonds is 7. The first kappa shape index (κ1) is 14.9. The third kappa shape index (κ3) is 4.59. The number of carbonyl (C=O) groups is 1. The highest BCUT2D eigenvalue weighted by molar-refractivity contribution is 5.81. The van der Waals surface area contributed by atoms with Gasteiger partial charge in [0.25, 0.3) is 0 Å². The number of carbonyl (C=O) groups excluding carboxylic acids is 1. The van der Waals surface area contributed by atoms with Gasteiger partial charge in [0.1, 0.15) is 5.78 Å². The highest BCUT2D eigenvalue weighted by Crippen LogP contribution is 2.12. The molecule has 3 nitrogen and oxygen atoms in total. The van der Waals surface area contributed by atoms with Gasteiger partial charge in [-0.05, 0) is 38.4 Å². The van der Waals surface area contributed by atoms with E-state index in [4.69, 9.17) is 5.11 Å². The SMILES string of the molecule is CNC(CO)CCC(=O)Cc1ccc(C)cc1C. The summed E-state index contributed by atoms with van der Waals surface area (Å²) in [5.41, 5.74) is 3.51. The van der Waals surface area contributed by atoms with Crippen molar-refractivity contribution in [2.45, 2.75) is 39.2 Å². The third-order valence-electron chi connectivity index (χ3n) is 3.29. The van der Waals surface area contributed by atoms with Gasteiger partial charge in [-0.15, -0.1) is 0 Å². The fourth-order valence-electron chi connectivity index (χ4n) is 2.01. The second-order valence-corrected chi connectivity index (χ2v) is 4.85. The van der Waals surface area contributed by atoms with Gasteiger partial charge in [0.15, 0.2) is 0 Å². The summed E-state index contributed by atoms with van der Waals surface area (Å²) in [6.45, 7) is 4.17. The molecule has 1 aromatic carbocycles. The van der Waals surface area contributed by atoms with Gasteiger partial charge < -0.3 is 10.4 Å². The summed E-state index contributed by atoms with van der Waals surface area (Å²) in [5.74, 6) is 0.232. The van der Waals surface area contributed by atoms with Crippen LogP contribution in [0.15, 0.2) is 18.2 Å². The molecule has 3 heteroatoms. The number of aryl methyl sites for hydroxylation is 2. The number of benzene rings is 1. The Labute approximate surface area is 109 Å². The first-order chi connectivity index (χ1) is 8.56. The maximum Gasteiger partial charge on any atom is 0.137 e. The summed E-state index contributed by atoms with van der Waals surface area (Å²) in [6, 6.07) is 6.20. The van der Waals surface area contributed by atoms with Gasteiger partial charge in [0, 0.05) is 18.9 Å². The number of hydrogen-bond donors (Lipinski definition) is 2. The molecule has 0 aliphatic rings. The van der Waals surface area contributed by atoms with Crippen LogP contribution in [0.25, 0.3) is 0 Å². The molecular weight excluding hydrogens is 226 g/mol. The maximum absolute atomic E-state index is 11.9. The molecule has 0 aliphatic heterocycles. The minimum atomic E-state index is 0.0214. The van der Waals surface area contributed by atoms with Gasteiger partial charge >= 0.3 is 0 Å². The van der Waals surface area contributed by atoms with Crippen molar-refractivity contribution in [2.24, 2.45) is 0 Å². The number of hydrogen-bond acceptors (Lipinski definition) is 3. The lowest BCUT2D eigenvalue weighted by Gasteiger charge is -2.12. The third-order valence-corrected chi connectivity index (χ3v) is 3.29. The molecule has 1 atom stereocenters. The van der Waals surface area contributed by atoms with Crippen molar-refractivity contribution in [3.05, 3.63) is 34.9 Å². The zero-order valence-corrected chi connectivity index (χ0v) is 11.5. The van der Waals surface area contributed by atoms with Crippen molar-refractivity contribution < 1.29 is 9.90 Å². The first-order valence-corrected chi connectivity index (χ1v) is 6.42. The van der Waals surface area contributed by atoms with E-state index in [1.165, 1.54) is 11.1 Å². The largest absolute Gasteiger partial charge is 0.395 e. The standard InChI is InChI=1S/C15H23NO2/c1-11-4-5-13(12(2)8-11)9-15(18)7-6-14(10-17)16-3/h4-5,8,14,16-17H,6-7,9-10H2,1-3H3. The average Bonchev–Trinajstić information content (AvgIpc) is 2.34. The van der Waals surface area contributed by atoms with Crippen LogP contribution in [0.4, 0.5) is 0 Å². The summed E-state index contributed by atoms with van der Waals surface area (Å²) < 4.78 is 0. The summed E-state index contributed by atoms with van der Waals surface area (Å²) in [6.07, 6.45) is 1.70. The van der Waals surface area contributed by atoms with Crippen LogP contribution in [0, 0.1) is 13.8 Å². The first-order valence-electron chi connectivity index (χ1n) is 6.42. The Bertz CT molecular complexity index is 397. The number of Topliss-reactive ketones (excluding diaryl/α,β-unsaturated/α-hetero) is 1. The molecule has 2 N–H and O–H groups in total. The number of likely N-dealkylation sites (N-methyl/N-ethyl adjacent to an activating group) is 1. The fourth-order valence-corrected chi connectivity index (χ4v) is 2.01. The van der Waals surface area contributed by atoms with Gasteiger partial charge in [0.2, 0.25) is 0 Å². The summed E-state index contributed by atoms with van der Waals surface area (Å²) >= 11 is 0. The summed E-state index contributed by atoms with van der Waals surface area (Å²) in [4.78, 5) is 11.9. The Hall–Kier alpha value is -1.19. The molecule has 0 amide bonds. The molecule has 0 aliphatic carbocycles. The molecule has 0 fully saturated rings. The molecule has 1 unspecified atom stereocenters. The molecule has 18 heavy (non-hydrogen) atoms. The van der Waals surface area contributed by atoms with E-state index < -0.39 is 0 Å². The van der Waals surface area contributed by atoms with E-state index in [0.717, 1.165) is 5.56 Å². The highest BCUT2D eigenvalue weighted by Gasteiger charge is 2.10. The lowest BCUT2D eigenvalue weighted by atomic mass is 9.98. The van der Waals surface area contributed by atoms with Gasteiger partial charge in [-0.2, -0.15) is 0 Å². The quantitative estimate of drug-likeness (QED) is 0.774. The van der Waals surface area contributed by atoms with Gasteiger partial charge in [0.05, 0.1) is 6.61 Å². The van der Waals surface area contributed by atoms with Crippen LogP contribution >= 0.6 is 0 Å². The second-order valence-electron chi connectivity index (χ2n) is 4.85. The minimum Gasteiger partial charge on any atom is -0.395 e. The molecule has 0 radical (unpaired) electrons. The van der Waals surface area contributed by atoms with Crippen molar-refractivity contribution in [1.29, 1.82) is 0 Å². The van der Waals surface area contributed by atoms with Crippen molar-refractivity contribution in [2.75, 3.05) is 13.7 Å². The zero-order valence-electron chi connectivity index (χ0n) is 11.5. The summed E-state index contributed by atoms with van der Waals surface area (Å²) in [5, 5.41) is 12.0. The predicted molar refractivity (Wildman–Crippen MR) is 73.8 cm³/mol. The average molecular weight is 249 g/mol. The van der Waals surface area contributed by atoms with Crippen LogP contribution in [0.1, 0.15) is 29.5 Å². The number of ketones is 1. The van der Waals surface area contributed by atoms with Crippen LogP contribution in [0.3, 0.4) is 0 Å². The van der Waals surface area contributed by atoms with Crippen LogP contribution in [0.2, 0.25) is 0 Å². The van der Waals surface area contributed by atoms with Crippen molar-refractivity contribution in [1.82, 2.24) is 5.32 Å². The molecule has 0 heterocycles. The normalized spacial score (nSPS) is 12.4. The van der Waals surface area contributed by atoms with E-state index in [2.05, 4.69) is 18.3 Å². The van der Waals surface area contributed by atoms with Crippen molar-refractivity contribution in [3.63, 3.8) is 0 Å². The van der Waals surface area contributed by atoms with E-state index in [1.54, 1.807) is 7.05 Å². The second kappa shape index (κ2) is 7.29. The monoisotopic (exact) mass is 249 g/mol. The van der Waals surface area contributed by atoms with E-state index >= 15 is 0 Å². The van der Waals surface area contributed by atoms with E-state index in [1.807, 2.05) is 19.1 Å². The number of aliphatic hydroxyl groups excluding tert-OH is 1. The van der Waals surface area contributed by atoms with Crippen LogP contribution in [-0.4, -0.2) is 30.6 Å². The Morgan fingerprint density at radius 2 is 2.11 bits per heavy atom. The van der Waals surface area contributed by atoms with Gasteiger partial charge in [-0.25, -0.2) is 0 Å². The number of aliphatic hydroxyl groups is 1. The Kier molecular flexibility index (Phi) is 6.02. The van der Waals surface area contributed by atoms with Crippen LogP contribution in [-0.2, 0) is 11.2 Å². The topological polar surface area (TPSA) is 49.3 Å². The molecule has 0 spiro atoms. The Balaban J connectivity index is 2.49. The molecule has 0 saturated heterocycles. The van der Waals surface area contributed by atoms with E-state index in [-0.39, 0.29) is 18.4 Å². The van der Waals surface area contributed by atoms with E-state index in [0.29, 0.717) is 19.3 Å². The Morgan fingerprint density at radius 3 is 2.67 bits per heavy atom. The molecule has 1 rings (SSSR count). The predicted octanol–water partition coefficient (Wildman–Crippen LogP) is 1.78. The minimum absolute atomic E-state index is 0.0214. The lowest BCUT2D eigenvalue weighted by Crippen LogP contribution is -2.29. The smallest absolute Gasteiger partial charge is 0.137 e. The molecule has 0 aromatic heterocycles. The fraction of sp³-hybridized carbons (Fsp3) is 0.533. The molecule has 100 valence electrons. The molecule has 1 aromatic rings. The lowest BCUT2D eigenvalue weighted by molar-refractivity contribution is -0.118. The molecular formula is C15H23NO2. The van der Waals surface area contributed by atoms with Crippen molar-refractivity contribution in [3.8, 4) is 0 Å². The maximum atomic E-state index is 11.9. The molecule has 0 saturated carbocycles. The Morgan fingerprint density at radius 1 is 1.39 bits per heavy atom. The molecule has 0 bridgehead atoms. The zero-order chi connectivity index (χ0) is 13.5.